The lowest BCUT2D eigenvalue weighted by atomic mass is 9.91. The molecular formula is C24H24ClN3O4. The highest BCUT2D eigenvalue weighted by atomic mass is 35.5. The molecule has 1 fully saturated rings. The monoisotopic (exact) mass is 453 g/mol. The number of amides is 2. The number of carbonyl (C=O) groups is 2. The number of rotatable bonds is 4. The molecule has 2 unspecified atom stereocenters. The molecule has 0 saturated carbocycles. The normalized spacial score (nSPS) is 21.5. The van der Waals surface area contributed by atoms with Crippen LogP contribution in [0.2, 0.25) is 5.02 Å². The van der Waals surface area contributed by atoms with Gasteiger partial charge in [-0.25, -0.2) is 4.90 Å². The van der Waals surface area contributed by atoms with Crippen LogP contribution in [0.4, 0.5) is 11.4 Å². The summed E-state index contributed by atoms with van der Waals surface area (Å²) in [6.45, 7) is 7.41. The van der Waals surface area contributed by atoms with Crippen LogP contribution in [-0.2, 0) is 9.59 Å². The molecule has 2 amide bonds. The summed E-state index contributed by atoms with van der Waals surface area (Å²) in [5.41, 5.74) is 2.25. The van der Waals surface area contributed by atoms with Gasteiger partial charge in [0.2, 0.25) is 0 Å². The molecule has 0 N–H and O–H groups in total. The van der Waals surface area contributed by atoms with Crippen LogP contribution in [-0.4, -0.2) is 34.7 Å². The van der Waals surface area contributed by atoms with Gasteiger partial charge in [-0.2, -0.15) is 0 Å². The van der Waals surface area contributed by atoms with Crippen LogP contribution in [0.15, 0.2) is 48.2 Å². The Morgan fingerprint density at radius 3 is 2.19 bits per heavy atom. The first-order valence-corrected chi connectivity index (χ1v) is 10.9. The van der Waals surface area contributed by atoms with Crippen molar-refractivity contribution >= 4 is 40.4 Å². The number of likely N-dealkylation sites (tertiary alicyclic amines) is 1. The van der Waals surface area contributed by atoms with Gasteiger partial charge in [-0.3, -0.25) is 19.7 Å². The molecule has 0 aliphatic carbocycles. The van der Waals surface area contributed by atoms with E-state index in [4.69, 9.17) is 11.6 Å². The molecule has 1 saturated heterocycles. The summed E-state index contributed by atoms with van der Waals surface area (Å²) in [4.78, 5) is 41.1. The molecule has 0 aromatic heterocycles. The second-order valence-corrected chi connectivity index (χ2v) is 9.19. The lowest BCUT2D eigenvalue weighted by molar-refractivity contribution is -0.384. The van der Waals surface area contributed by atoms with E-state index in [1.165, 1.54) is 29.2 Å². The highest BCUT2D eigenvalue weighted by Crippen LogP contribution is 2.38. The van der Waals surface area contributed by atoms with Gasteiger partial charge in [-0.15, -0.1) is 0 Å². The first-order valence-electron chi connectivity index (χ1n) is 10.6. The maximum absolute atomic E-state index is 13.7. The molecule has 7 nitrogen and oxygen atoms in total. The highest BCUT2D eigenvalue weighted by molar-refractivity contribution is 6.45. The van der Waals surface area contributed by atoms with Crippen molar-refractivity contribution in [2.45, 2.75) is 27.2 Å². The van der Waals surface area contributed by atoms with E-state index < -0.39 is 10.8 Å². The van der Waals surface area contributed by atoms with Gasteiger partial charge >= 0.3 is 0 Å². The number of piperidine rings is 1. The van der Waals surface area contributed by atoms with Crippen molar-refractivity contribution in [3.63, 3.8) is 0 Å². The number of halogens is 1. The number of benzene rings is 2. The van der Waals surface area contributed by atoms with Crippen molar-refractivity contribution in [3.05, 3.63) is 74.4 Å². The Morgan fingerprint density at radius 1 is 1.00 bits per heavy atom. The van der Waals surface area contributed by atoms with Crippen LogP contribution in [0.5, 0.6) is 0 Å². The predicted molar refractivity (Wildman–Crippen MR) is 123 cm³/mol. The number of non-ortho nitro benzene ring substituents is 1. The second-order valence-electron chi connectivity index (χ2n) is 8.76. The van der Waals surface area contributed by atoms with Crippen molar-refractivity contribution < 1.29 is 14.5 Å². The van der Waals surface area contributed by atoms with Crippen molar-refractivity contribution in [3.8, 4) is 0 Å². The maximum Gasteiger partial charge on any atom is 0.282 e. The summed E-state index contributed by atoms with van der Waals surface area (Å²) < 4.78 is 0. The van der Waals surface area contributed by atoms with Crippen LogP contribution >= 0.6 is 11.6 Å². The third-order valence-electron chi connectivity index (χ3n) is 6.01. The van der Waals surface area contributed by atoms with E-state index in [0.717, 1.165) is 6.42 Å². The highest BCUT2D eigenvalue weighted by Gasteiger charge is 2.44. The average Bonchev–Trinajstić information content (AvgIpc) is 2.98. The summed E-state index contributed by atoms with van der Waals surface area (Å²) >= 11 is 6.08. The number of aryl methyl sites for hydroxylation is 1. The molecule has 0 spiro atoms. The summed E-state index contributed by atoms with van der Waals surface area (Å²) in [5.74, 6) is -0.0672. The number of hydrogen-bond acceptors (Lipinski definition) is 5. The minimum Gasteiger partial charge on any atom is -0.366 e. The number of nitro groups is 1. The number of nitrogens with zero attached hydrogens (tertiary/aromatic N) is 3. The molecular weight excluding hydrogens is 430 g/mol. The zero-order valence-electron chi connectivity index (χ0n) is 18.2. The number of nitro benzene ring substituents is 1. The molecule has 2 atom stereocenters. The van der Waals surface area contributed by atoms with Crippen LogP contribution in [0.25, 0.3) is 5.57 Å². The summed E-state index contributed by atoms with van der Waals surface area (Å²) in [6.07, 6.45) is 1.05. The minimum atomic E-state index is -0.488. The van der Waals surface area contributed by atoms with Crippen LogP contribution < -0.4 is 4.90 Å². The van der Waals surface area contributed by atoms with E-state index in [1.54, 1.807) is 25.1 Å². The standard InChI is InChI=1S/C24H24ClN3O4/c1-14-10-15(2)13-26(12-14)22-21(17-4-7-19(8-5-17)28(31)32)23(29)27(24(22)30)20-9-6-18(25)11-16(20)3/h4-9,11,14-15H,10,12-13H2,1-3H3. The van der Waals surface area contributed by atoms with Gasteiger partial charge in [0.25, 0.3) is 17.5 Å². The van der Waals surface area contributed by atoms with E-state index in [9.17, 15) is 19.7 Å². The molecule has 0 radical (unpaired) electrons. The van der Waals surface area contributed by atoms with Crippen LogP contribution in [0.1, 0.15) is 31.4 Å². The molecule has 8 heteroatoms. The van der Waals surface area contributed by atoms with Gasteiger partial charge < -0.3 is 4.90 Å². The van der Waals surface area contributed by atoms with Gasteiger partial charge in [0.15, 0.2) is 0 Å². The second kappa shape index (κ2) is 8.39. The van der Waals surface area contributed by atoms with Gasteiger partial charge in [0.1, 0.15) is 5.70 Å². The SMILES string of the molecule is Cc1cc(Cl)ccc1N1C(=O)C(c2ccc([N+](=O)[O-])cc2)=C(N2CC(C)CC(C)C2)C1=O. The quantitative estimate of drug-likeness (QED) is 0.376. The molecule has 4 rings (SSSR count). The third-order valence-corrected chi connectivity index (χ3v) is 6.25. The predicted octanol–water partition coefficient (Wildman–Crippen LogP) is 4.82. The van der Waals surface area contributed by atoms with Gasteiger partial charge in [-0.05, 0) is 66.6 Å². The Kier molecular flexibility index (Phi) is 5.77. The van der Waals surface area contributed by atoms with Crippen molar-refractivity contribution in [2.75, 3.05) is 18.0 Å². The van der Waals surface area contributed by atoms with Crippen molar-refractivity contribution in [2.24, 2.45) is 11.8 Å². The number of hydrogen-bond donors (Lipinski definition) is 0. The first kappa shape index (κ1) is 22.0. The van der Waals surface area contributed by atoms with Gasteiger partial charge in [0.05, 0.1) is 16.2 Å². The zero-order valence-corrected chi connectivity index (χ0v) is 18.9. The largest absolute Gasteiger partial charge is 0.366 e. The van der Waals surface area contributed by atoms with Crippen LogP contribution in [0, 0.1) is 28.9 Å². The lowest BCUT2D eigenvalue weighted by Crippen LogP contribution is -2.42. The Balaban J connectivity index is 1.85. The Labute approximate surface area is 191 Å². The van der Waals surface area contributed by atoms with E-state index in [1.807, 2.05) is 4.90 Å². The molecule has 0 bridgehead atoms. The Morgan fingerprint density at radius 2 is 1.62 bits per heavy atom. The van der Waals surface area contributed by atoms with Gasteiger partial charge in [0, 0.05) is 30.2 Å². The fourth-order valence-corrected chi connectivity index (χ4v) is 4.98. The number of anilines is 1. The fourth-order valence-electron chi connectivity index (χ4n) is 4.76. The third kappa shape index (κ3) is 3.88. The molecule has 2 aromatic rings. The van der Waals surface area contributed by atoms with E-state index >= 15 is 0 Å². The van der Waals surface area contributed by atoms with Crippen LogP contribution in [0.3, 0.4) is 0 Å². The number of carbonyl (C=O) groups excluding carboxylic acids is 2. The summed E-state index contributed by atoms with van der Waals surface area (Å²) in [7, 11) is 0. The molecule has 2 aliphatic rings. The zero-order chi connectivity index (χ0) is 23.2. The minimum absolute atomic E-state index is 0.0710. The maximum atomic E-state index is 13.7. The first-order chi connectivity index (χ1) is 15.2. The topological polar surface area (TPSA) is 83.8 Å². The van der Waals surface area contributed by atoms with Gasteiger partial charge in [-0.1, -0.05) is 25.4 Å². The van der Waals surface area contributed by atoms with Crippen molar-refractivity contribution in [1.29, 1.82) is 0 Å². The van der Waals surface area contributed by atoms with E-state index in [-0.39, 0.29) is 17.2 Å². The summed E-state index contributed by atoms with van der Waals surface area (Å²) in [5, 5.41) is 11.6. The Bertz CT molecular complexity index is 1130. The fraction of sp³-hybridized carbons (Fsp3) is 0.333. The number of imide groups is 1. The summed E-state index contributed by atoms with van der Waals surface area (Å²) in [6, 6.07) is 10.8. The molecule has 2 heterocycles. The Hall–Kier alpha value is -3.19. The smallest absolute Gasteiger partial charge is 0.282 e. The van der Waals surface area contributed by atoms with Crippen molar-refractivity contribution in [1.82, 2.24) is 4.90 Å². The lowest BCUT2D eigenvalue weighted by Gasteiger charge is -2.37. The molecule has 32 heavy (non-hydrogen) atoms. The molecule has 2 aliphatic heterocycles. The molecule has 166 valence electrons. The van der Waals surface area contributed by atoms with E-state index in [2.05, 4.69) is 13.8 Å². The molecule has 2 aromatic carbocycles. The average molecular weight is 454 g/mol. The van der Waals surface area contributed by atoms with E-state index in [0.29, 0.717) is 52.5 Å².